The van der Waals surface area contributed by atoms with Gasteiger partial charge in [-0.25, -0.2) is 4.98 Å². The van der Waals surface area contributed by atoms with Crippen LogP contribution >= 0.6 is 23.6 Å². The first-order valence-corrected chi connectivity index (χ1v) is 10.6. The number of aromatic nitrogens is 4. The topological polar surface area (TPSA) is 105 Å². The molecule has 10 heteroatoms. The van der Waals surface area contributed by atoms with E-state index in [0.717, 1.165) is 23.4 Å². The highest BCUT2D eigenvalue weighted by Crippen LogP contribution is 2.32. The van der Waals surface area contributed by atoms with E-state index in [2.05, 4.69) is 32.4 Å². The number of thiazole rings is 1. The summed E-state index contributed by atoms with van der Waals surface area (Å²) in [6.07, 6.45) is 3.63. The fraction of sp³-hybridized carbons (Fsp3) is 0.250. The van der Waals surface area contributed by atoms with Gasteiger partial charge >= 0.3 is 0 Å². The Kier molecular flexibility index (Phi) is 5.60. The second-order valence-corrected chi connectivity index (χ2v) is 8.37. The number of amides is 2. The van der Waals surface area contributed by atoms with Gasteiger partial charge in [-0.2, -0.15) is 5.10 Å². The molecule has 0 bridgehead atoms. The van der Waals surface area contributed by atoms with Crippen LogP contribution in [0, 0.1) is 17.6 Å². The first-order chi connectivity index (χ1) is 14.5. The van der Waals surface area contributed by atoms with Crippen molar-refractivity contribution >= 4 is 46.2 Å². The number of hydrogen-bond acceptors (Lipinski definition) is 6. The second-order valence-electron chi connectivity index (χ2n) is 6.98. The van der Waals surface area contributed by atoms with Crippen molar-refractivity contribution in [2.75, 3.05) is 10.6 Å². The Labute approximate surface area is 182 Å². The quantitative estimate of drug-likeness (QED) is 0.378. The summed E-state index contributed by atoms with van der Waals surface area (Å²) in [5.41, 5.74) is 1.90. The van der Waals surface area contributed by atoms with E-state index >= 15 is 0 Å². The maximum atomic E-state index is 12.6. The second kappa shape index (κ2) is 8.33. The maximum absolute atomic E-state index is 12.6. The summed E-state index contributed by atoms with van der Waals surface area (Å²) in [4.78, 5) is 29.7. The molecule has 2 heterocycles. The van der Waals surface area contributed by atoms with Crippen LogP contribution in [0.25, 0.3) is 10.7 Å². The number of allylic oxidation sites excluding steroid dienone is 1. The average Bonchev–Trinajstić information content (AvgIpc) is 3.44. The molecule has 0 spiro atoms. The van der Waals surface area contributed by atoms with Gasteiger partial charge in [0.15, 0.2) is 15.7 Å². The van der Waals surface area contributed by atoms with Crippen LogP contribution in [0.3, 0.4) is 0 Å². The van der Waals surface area contributed by atoms with E-state index in [4.69, 9.17) is 12.2 Å². The van der Waals surface area contributed by atoms with Gasteiger partial charge in [0, 0.05) is 23.7 Å². The van der Waals surface area contributed by atoms with Crippen LogP contribution in [0.15, 0.2) is 36.9 Å². The van der Waals surface area contributed by atoms with Crippen molar-refractivity contribution in [1.29, 1.82) is 0 Å². The van der Waals surface area contributed by atoms with Crippen molar-refractivity contribution in [3.63, 3.8) is 0 Å². The van der Waals surface area contributed by atoms with Crippen LogP contribution in [0.2, 0.25) is 0 Å². The van der Waals surface area contributed by atoms with E-state index in [0.29, 0.717) is 33.5 Å². The molecule has 154 valence electrons. The van der Waals surface area contributed by atoms with E-state index in [9.17, 15) is 9.59 Å². The summed E-state index contributed by atoms with van der Waals surface area (Å²) in [6.45, 7) is 6.12. The fourth-order valence-electron chi connectivity index (χ4n) is 2.91. The molecule has 2 amide bonds. The van der Waals surface area contributed by atoms with Crippen molar-refractivity contribution in [2.24, 2.45) is 5.92 Å². The summed E-state index contributed by atoms with van der Waals surface area (Å²) in [5, 5.41) is 13.2. The molecule has 0 atom stereocenters. The number of benzene rings is 1. The molecule has 1 fully saturated rings. The van der Waals surface area contributed by atoms with Gasteiger partial charge < -0.3 is 5.32 Å². The summed E-state index contributed by atoms with van der Waals surface area (Å²) in [6, 6.07) is 6.80. The van der Waals surface area contributed by atoms with Gasteiger partial charge in [0.05, 0.1) is 10.6 Å². The number of H-pyrrole nitrogens is 1. The largest absolute Gasteiger partial charge is 0.326 e. The molecule has 8 nitrogen and oxygen atoms in total. The molecule has 0 unspecified atom stereocenters. The molecule has 1 aliphatic rings. The minimum atomic E-state index is -0.277. The van der Waals surface area contributed by atoms with Crippen molar-refractivity contribution in [3.8, 4) is 10.7 Å². The van der Waals surface area contributed by atoms with E-state index < -0.39 is 0 Å². The maximum Gasteiger partial charge on any atom is 0.257 e. The Bertz CT molecular complexity index is 1170. The first-order valence-electron chi connectivity index (χ1n) is 9.42. The molecule has 0 aliphatic heterocycles. The van der Waals surface area contributed by atoms with Gasteiger partial charge in [-0.1, -0.05) is 17.4 Å². The van der Waals surface area contributed by atoms with Crippen LogP contribution in [0.4, 0.5) is 10.8 Å². The van der Waals surface area contributed by atoms with Crippen LogP contribution in [-0.2, 0) is 11.3 Å². The molecular formula is C20H20N6O2S2. The normalized spacial score (nSPS) is 13.1. The van der Waals surface area contributed by atoms with Crippen molar-refractivity contribution in [2.45, 2.75) is 26.3 Å². The molecule has 4 rings (SSSR count). The Morgan fingerprint density at radius 3 is 2.73 bits per heavy atom. The summed E-state index contributed by atoms with van der Waals surface area (Å²) < 4.78 is 2.32. The lowest BCUT2D eigenvalue weighted by Gasteiger charge is -2.06. The van der Waals surface area contributed by atoms with Gasteiger partial charge in [-0.05, 0) is 56.2 Å². The lowest BCUT2D eigenvalue weighted by Crippen LogP contribution is -2.14. The molecule has 1 saturated carbocycles. The van der Waals surface area contributed by atoms with Crippen LogP contribution in [0.5, 0.6) is 0 Å². The Morgan fingerprint density at radius 1 is 1.33 bits per heavy atom. The van der Waals surface area contributed by atoms with E-state index in [1.54, 1.807) is 30.3 Å². The van der Waals surface area contributed by atoms with Crippen LogP contribution in [0.1, 0.15) is 28.9 Å². The zero-order valence-electron chi connectivity index (χ0n) is 16.3. The molecule has 1 aliphatic carbocycles. The van der Waals surface area contributed by atoms with Crippen molar-refractivity contribution in [1.82, 2.24) is 19.7 Å². The van der Waals surface area contributed by atoms with Crippen molar-refractivity contribution < 1.29 is 9.59 Å². The van der Waals surface area contributed by atoms with Gasteiger partial charge in [-0.3, -0.25) is 24.6 Å². The van der Waals surface area contributed by atoms with Gasteiger partial charge in [0.25, 0.3) is 5.91 Å². The van der Waals surface area contributed by atoms with Gasteiger partial charge in [-0.15, -0.1) is 6.58 Å². The number of nitrogens with zero attached hydrogens (tertiary/aromatic N) is 3. The highest BCUT2D eigenvalue weighted by molar-refractivity contribution is 7.71. The molecule has 0 saturated heterocycles. The number of rotatable bonds is 7. The summed E-state index contributed by atoms with van der Waals surface area (Å²) in [7, 11) is 0. The molecule has 1 aromatic carbocycles. The number of carbonyl (C=O) groups excluding carboxylic acids is 2. The Balaban J connectivity index is 1.47. The van der Waals surface area contributed by atoms with Gasteiger partial charge in [0.2, 0.25) is 5.91 Å². The third kappa shape index (κ3) is 4.24. The first kappa shape index (κ1) is 20.2. The van der Waals surface area contributed by atoms with E-state index in [-0.39, 0.29) is 17.7 Å². The standard InChI is InChI=1S/C20H20N6O2S2/c1-3-10-26-16(24-25-20(26)29)15-11(2)21-19(30-15)23-18(28)13-6-8-14(9-7-13)22-17(27)12-4-5-12/h3,6-9,12H,1,4-5,10H2,2H3,(H,22,27)(H,25,29)(H,21,23,28). The number of nitrogens with one attached hydrogen (secondary N) is 3. The number of anilines is 2. The number of aromatic amines is 1. The van der Waals surface area contributed by atoms with Crippen molar-refractivity contribution in [3.05, 3.63) is 52.9 Å². The smallest absolute Gasteiger partial charge is 0.257 e. The number of aryl methyl sites for hydroxylation is 1. The highest BCUT2D eigenvalue weighted by atomic mass is 32.1. The Morgan fingerprint density at radius 2 is 2.07 bits per heavy atom. The molecule has 2 aromatic heterocycles. The monoisotopic (exact) mass is 440 g/mol. The predicted molar refractivity (Wildman–Crippen MR) is 119 cm³/mol. The highest BCUT2D eigenvalue weighted by Gasteiger charge is 2.29. The van der Waals surface area contributed by atoms with E-state index in [1.165, 1.54) is 11.3 Å². The molecule has 0 radical (unpaired) electrons. The molecule has 3 N–H and O–H groups in total. The number of carbonyl (C=O) groups is 2. The predicted octanol–water partition coefficient (Wildman–Crippen LogP) is 4.16. The average molecular weight is 441 g/mol. The fourth-order valence-corrected chi connectivity index (χ4v) is 4.08. The third-order valence-electron chi connectivity index (χ3n) is 4.65. The third-order valence-corrected chi connectivity index (χ3v) is 6.03. The number of hydrogen-bond donors (Lipinski definition) is 3. The minimum absolute atomic E-state index is 0.0345. The lowest BCUT2D eigenvalue weighted by atomic mass is 10.2. The molecular weight excluding hydrogens is 420 g/mol. The summed E-state index contributed by atoms with van der Waals surface area (Å²) >= 11 is 6.59. The molecule has 3 aromatic rings. The van der Waals surface area contributed by atoms with Crippen LogP contribution < -0.4 is 10.6 Å². The Hall–Kier alpha value is -3.11. The molecule has 30 heavy (non-hydrogen) atoms. The SMILES string of the molecule is C=CCn1c(-c2sc(NC(=O)c3ccc(NC(=O)C4CC4)cc3)nc2C)n[nH]c1=S. The van der Waals surface area contributed by atoms with E-state index in [1.807, 2.05) is 11.5 Å². The summed E-state index contributed by atoms with van der Waals surface area (Å²) in [5.74, 6) is 0.547. The zero-order chi connectivity index (χ0) is 21.3. The van der Waals surface area contributed by atoms with Gasteiger partial charge in [0.1, 0.15) is 0 Å². The van der Waals surface area contributed by atoms with Crippen LogP contribution in [-0.4, -0.2) is 31.6 Å². The minimum Gasteiger partial charge on any atom is -0.326 e. The zero-order valence-corrected chi connectivity index (χ0v) is 17.9. The lowest BCUT2D eigenvalue weighted by molar-refractivity contribution is -0.117.